The Kier molecular flexibility index (Phi) is 2.96. The van der Waals surface area contributed by atoms with Gasteiger partial charge in [0.1, 0.15) is 0 Å². The molecule has 13 heavy (non-hydrogen) atoms. The summed E-state index contributed by atoms with van der Waals surface area (Å²) in [4.78, 5) is 11.3. The Labute approximate surface area is 79.1 Å². The Morgan fingerprint density at radius 3 is 2.69 bits per heavy atom. The Balaban J connectivity index is 2.93. The number of hydrogen-bond donors (Lipinski definition) is 1. The average Bonchev–Trinajstić information content (AvgIpc) is 2.47. The van der Waals surface area contributed by atoms with Crippen LogP contribution < -0.4 is 0 Å². The van der Waals surface area contributed by atoms with E-state index in [1.54, 1.807) is 0 Å². The number of ether oxygens (including phenoxy) is 1. The molecule has 0 aliphatic carbocycles. The Morgan fingerprint density at radius 2 is 2.38 bits per heavy atom. The van der Waals surface area contributed by atoms with Crippen LogP contribution in [0.25, 0.3) is 0 Å². The Morgan fingerprint density at radius 1 is 1.77 bits per heavy atom. The molecule has 1 N–H and O–H groups in total. The van der Waals surface area contributed by atoms with E-state index in [1.165, 1.54) is 0 Å². The van der Waals surface area contributed by atoms with E-state index in [9.17, 15) is 9.90 Å². The van der Waals surface area contributed by atoms with E-state index in [1.807, 2.05) is 20.8 Å². The normalized spacial score (nSPS) is 36.1. The number of rotatable bonds is 3. The topological polar surface area (TPSA) is 46.5 Å². The lowest BCUT2D eigenvalue weighted by Crippen LogP contribution is -2.42. The van der Waals surface area contributed by atoms with Gasteiger partial charge in [0.25, 0.3) is 0 Å². The van der Waals surface area contributed by atoms with Gasteiger partial charge in [-0.15, -0.1) is 0 Å². The van der Waals surface area contributed by atoms with E-state index in [2.05, 4.69) is 0 Å². The molecule has 1 heterocycles. The molecule has 0 amide bonds. The zero-order chi connectivity index (χ0) is 10.1. The van der Waals surface area contributed by atoms with Crippen LogP contribution in [0.4, 0.5) is 0 Å². The maximum absolute atomic E-state index is 11.3. The molecule has 0 bridgehead atoms. The molecule has 0 saturated carbocycles. The summed E-state index contributed by atoms with van der Waals surface area (Å²) < 4.78 is 5.37. The molecule has 1 rings (SSSR count). The van der Waals surface area contributed by atoms with Crippen molar-refractivity contribution >= 4 is 5.97 Å². The average molecular weight is 186 g/mol. The summed E-state index contributed by atoms with van der Waals surface area (Å²) in [7, 11) is 0. The van der Waals surface area contributed by atoms with Gasteiger partial charge in [0, 0.05) is 6.61 Å². The molecule has 0 aromatic rings. The first-order chi connectivity index (χ1) is 6.05. The van der Waals surface area contributed by atoms with Crippen LogP contribution in [0.15, 0.2) is 0 Å². The molecule has 76 valence electrons. The van der Waals surface area contributed by atoms with Gasteiger partial charge in [-0.25, -0.2) is 0 Å². The molecule has 1 fully saturated rings. The summed E-state index contributed by atoms with van der Waals surface area (Å²) in [6.45, 7) is 6.48. The van der Waals surface area contributed by atoms with Crippen LogP contribution in [0.1, 0.15) is 33.6 Å². The van der Waals surface area contributed by atoms with Crippen molar-refractivity contribution < 1.29 is 14.6 Å². The second kappa shape index (κ2) is 3.66. The monoisotopic (exact) mass is 186 g/mol. The number of hydrogen-bond acceptors (Lipinski definition) is 2. The summed E-state index contributed by atoms with van der Waals surface area (Å²) in [6, 6.07) is 0. The summed E-state index contributed by atoms with van der Waals surface area (Å²) in [5.74, 6) is -0.519. The minimum absolute atomic E-state index is 0.153. The van der Waals surface area contributed by atoms with Crippen molar-refractivity contribution in [1.29, 1.82) is 0 Å². The number of carboxylic acids is 1. The molecule has 0 aromatic heterocycles. The highest BCUT2D eigenvalue weighted by Gasteiger charge is 2.51. The van der Waals surface area contributed by atoms with E-state index < -0.39 is 11.4 Å². The zero-order valence-corrected chi connectivity index (χ0v) is 8.54. The molecule has 1 saturated heterocycles. The molecule has 0 spiro atoms. The fourth-order valence-electron chi connectivity index (χ4n) is 2.26. The fourth-order valence-corrected chi connectivity index (χ4v) is 2.26. The van der Waals surface area contributed by atoms with Crippen LogP contribution in [0.3, 0.4) is 0 Å². The third-order valence-corrected chi connectivity index (χ3v) is 3.50. The highest BCUT2D eigenvalue weighted by atomic mass is 16.5. The highest BCUT2D eigenvalue weighted by molar-refractivity contribution is 5.76. The largest absolute Gasteiger partial charge is 0.481 e. The third-order valence-electron chi connectivity index (χ3n) is 3.50. The highest BCUT2D eigenvalue weighted by Crippen LogP contribution is 2.43. The van der Waals surface area contributed by atoms with Crippen molar-refractivity contribution in [2.24, 2.45) is 11.3 Å². The maximum atomic E-state index is 11.3. The van der Waals surface area contributed by atoms with E-state index in [0.717, 1.165) is 6.42 Å². The quantitative estimate of drug-likeness (QED) is 0.732. The summed E-state index contributed by atoms with van der Waals surface area (Å²) in [5.41, 5.74) is -0.644. The molecule has 3 unspecified atom stereocenters. The van der Waals surface area contributed by atoms with Crippen LogP contribution in [0, 0.1) is 11.3 Å². The van der Waals surface area contributed by atoms with Gasteiger partial charge in [-0.1, -0.05) is 20.3 Å². The summed E-state index contributed by atoms with van der Waals surface area (Å²) >= 11 is 0. The van der Waals surface area contributed by atoms with Crippen molar-refractivity contribution in [2.75, 3.05) is 6.61 Å². The van der Waals surface area contributed by atoms with E-state index in [-0.39, 0.29) is 12.0 Å². The zero-order valence-electron chi connectivity index (χ0n) is 8.54. The standard InChI is InChI=1S/C10H18O3/c1-4-7(2)10(9(11)12)5-6-13-8(10)3/h7-8H,4-6H2,1-3H3,(H,11,12). The maximum Gasteiger partial charge on any atom is 0.312 e. The number of carbonyl (C=O) groups is 1. The van der Waals surface area contributed by atoms with Gasteiger partial charge in [-0.3, -0.25) is 4.79 Å². The molecule has 0 radical (unpaired) electrons. The third kappa shape index (κ3) is 1.46. The van der Waals surface area contributed by atoms with Crippen molar-refractivity contribution in [1.82, 2.24) is 0 Å². The molecule has 3 heteroatoms. The Hall–Kier alpha value is -0.570. The van der Waals surface area contributed by atoms with Gasteiger partial charge >= 0.3 is 5.97 Å². The minimum atomic E-state index is -0.702. The molecule has 1 aliphatic rings. The van der Waals surface area contributed by atoms with Crippen LogP contribution in [0.2, 0.25) is 0 Å². The Bertz CT molecular complexity index is 202. The van der Waals surface area contributed by atoms with Gasteiger partial charge in [-0.05, 0) is 19.3 Å². The van der Waals surface area contributed by atoms with Crippen molar-refractivity contribution in [3.05, 3.63) is 0 Å². The van der Waals surface area contributed by atoms with Crippen LogP contribution >= 0.6 is 0 Å². The lowest BCUT2D eigenvalue weighted by Gasteiger charge is -2.33. The molecule has 0 aromatic carbocycles. The van der Waals surface area contributed by atoms with Crippen molar-refractivity contribution in [2.45, 2.75) is 39.7 Å². The predicted molar refractivity (Wildman–Crippen MR) is 49.6 cm³/mol. The van der Waals surface area contributed by atoms with E-state index >= 15 is 0 Å². The SMILES string of the molecule is CCC(C)C1(C(=O)O)CCOC1C. The summed E-state index contributed by atoms with van der Waals surface area (Å²) in [6.07, 6.45) is 1.39. The van der Waals surface area contributed by atoms with Gasteiger partial charge in [0.05, 0.1) is 11.5 Å². The van der Waals surface area contributed by atoms with Crippen LogP contribution in [0.5, 0.6) is 0 Å². The van der Waals surface area contributed by atoms with Gasteiger partial charge in [-0.2, -0.15) is 0 Å². The first-order valence-electron chi connectivity index (χ1n) is 4.90. The second-order valence-corrected chi connectivity index (χ2v) is 3.92. The van der Waals surface area contributed by atoms with E-state index in [4.69, 9.17) is 4.74 Å². The van der Waals surface area contributed by atoms with Gasteiger partial charge in [0.15, 0.2) is 0 Å². The number of carboxylic acid groups (broad SMARTS) is 1. The first kappa shape index (κ1) is 10.5. The van der Waals surface area contributed by atoms with Gasteiger partial charge in [0.2, 0.25) is 0 Å². The first-order valence-corrected chi connectivity index (χ1v) is 4.90. The van der Waals surface area contributed by atoms with E-state index in [0.29, 0.717) is 13.0 Å². The number of aliphatic carboxylic acids is 1. The molecular formula is C10H18O3. The van der Waals surface area contributed by atoms with Gasteiger partial charge < -0.3 is 9.84 Å². The summed E-state index contributed by atoms with van der Waals surface area (Å²) in [5, 5.41) is 9.26. The van der Waals surface area contributed by atoms with Crippen molar-refractivity contribution in [3.8, 4) is 0 Å². The second-order valence-electron chi connectivity index (χ2n) is 3.92. The molecule has 3 nitrogen and oxygen atoms in total. The molecule has 1 aliphatic heterocycles. The molecule has 3 atom stereocenters. The van der Waals surface area contributed by atoms with Crippen LogP contribution in [-0.2, 0) is 9.53 Å². The lowest BCUT2D eigenvalue weighted by atomic mass is 9.70. The van der Waals surface area contributed by atoms with Crippen LogP contribution in [-0.4, -0.2) is 23.8 Å². The minimum Gasteiger partial charge on any atom is -0.481 e. The predicted octanol–water partition coefficient (Wildman–Crippen LogP) is 1.91. The molecular weight excluding hydrogens is 168 g/mol. The lowest BCUT2D eigenvalue weighted by molar-refractivity contribution is -0.156. The smallest absolute Gasteiger partial charge is 0.312 e. The van der Waals surface area contributed by atoms with Crippen molar-refractivity contribution in [3.63, 3.8) is 0 Å². The fraction of sp³-hybridized carbons (Fsp3) is 0.900.